The molecule has 0 amide bonds. The Kier molecular flexibility index (Phi) is 4.36. The van der Waals surface area contributed by atoms with Crippen LogP contribution in [0.2, 0.25) is 10.0 Å². The minimum Gasteiger partial charge on any atom is -0.371 e. The zero-order chi connectivity index (χ0) is 13.3. The van der Waals surface area contributed by atoms with Gasteiger partial charge in [0, 0.05) is 24.8 Å². The molecule has 1 heterocycles. The Morgan fingerprint density at radius 1 is 1.33 bits per heavy atom. The molecule has 18 heavy (non-hydrogen) atoms. The lowest BCUT2D eigenvalue weighted by Crippen LogP contribution is -2.47. The van der Waals surface area contributed by atoms with Gasteiger partial charge in [-0.05, 0) is 31.5 Å². The number of anilines is 1. The van der Waals surface area contributed by atoms with Crippen molar-refractivity contribution in [2.24, 2.45) is 5.92 Å². The predicted octanol–water partition coefficient (Wildman–Crippen LogP) is 3.57. The molecule has 0 aliphatic carbocycles. The number of nitrogens with one attached hydrogen (secondary N) is 1. The molecular weight excluding hydrogens is 274 g/mol. The normalized spacial score (nSPS) is 24.4. The molecule has 1 N–H and O–H groups in total. The van der Waals surface area contributed by atoms with Gasteiger partial charge >= 0.3 is 0 Å². The SMILES string of the molecule is CNC1CCN(c2cc(Cl)c(F)c(Cl)c2)CC1C. The van der Waals surface area contributed by atoms with E-state index in [1.54, 1.807) is 12.1 Å². The fourth-order valence-electron chi connectivity index (χ4n) is 2.53. The fraction of sp³-hybridized carbons (Fsp3) is 0.538. The number of piperidine rings is 1. The zero-order valence-electron chi connectivity index (χ0n) is 10.5. The minimum atomic E-state index is -0.541. The molecule has 2 nitrogen and oxygen atoms in total. The molecule has 1 aliphatic rings. The molecule has 0 bridgehead atoms. The van der Waals surface area contributed by atoms with Gasteiger partial charge < -0.3 is 10.2 Å². The van der Waals surface area contributed by atoms with Crippen molar-refractivity contribution in [1.82, 2.24) is 5.32 Å². The van der Waals surface area contributed by atoms with E-state index in [9.17, 15) is 4.39 Å². The van der Waals surface area contributed by atoms with Gasteiger partial charge in [-0.3, -0.25) is 0 Å². The van der Waals surface area contributed by atoms with Crippen molar-refractivity contribution in [3.05, 3.63) is 28.0 Å². The first-order chi connectivity index (χ1) is 8.52. The Morgan fingerprint density at radius 2 is 1.94 bits per heavy atom. The average molecular weight is 291 g/mol. The van der Waals surface area contributed by atoms with Gasteiger partial charge in [-0.2, -0.15) is 0 Å². The number of rotatable bonds is 2. The number of nitrogens with zero attached hydrogens (tertiary/aromatic N) is 1. The van der Waals surface area contributed by atoms with Crippen molar-refractivity contribution in [3.63, 3.8) is 0 Å². The second-order valence-electron chi connectivity index (χ2n) is 4.83. The van der Waals surface area contributed by atoms with Crippen molar-refractivity contribution in [2.45, 2.75) is 19.4 Å². The molecule has 0 aromatic heterocycles. The third kappa shape index (κ3) is 2.73. The largest absolute Gasteiger partial charge is 0.371 e. The van der Waals surface area contributed by atoms with Crippen molar-refractivity contribution < 1.29 is 4.39 Å². The maximum Gasteiger partial charge on any atom is 0.160 e. The summed E-state index contributed by atoms with van der Waals surface area (Å²) in [5, 5.41) is 3.49. The van der Waals surface area contributed by atoms with Crippen LogP contribution in [0.3, 0.4) is 0 Å². The van der Waals surface area contributed by atoms with E-state index in [1.807, 2.05) is 7.05 Å². The average Bonchev–Trinajstić information content (AvgIpc) is 2.35. The Hall–Kier alpha value is -0.510. The van der Waals surface area contributed by atoms with E-state index in [0.717, 1.165) is 25.2 Å². The van der Waals surface area contributed by atoms with Gasteiger partial charge in [0.25, 0.3) is 0 Å². The molecule has 2 rings (SSSR count). The summed E-state index contributed by atoms with van der Waals surface area (Å²) in [4.78, 5) is 2.20. The summed E-state index contributed by atoms with van der Waals surface area (Å²) in [7, 11) is 1.99. The standard InChI is InChI=1S/C13H17Cl2FN2/c1-8-7-18(4-3-12(8)17-2)9-5-10(14)13(16)11(15)6-9/h5-6,8,12,17H,3-4,7H2,1-2H3. The lowest BCUT2D eigenvalue weighted by atomic mass is 9.93. The van der Waals surface area contributed by atoms with Gasteiger partial charge in [0.15, 0.2) is 5.82 Å². The number of hydrogen-bond donors (Lipinski definition) is 1. The molecule has 2 unspecified atom stereocenters. The molecule has 0 saturated carbocycles. The van der Waals surface area contributed by atoms with Crippen molar-refractivity contribution in [3.8, 4) is 0 Å². The van der Waals surface area contributed by atoms with Gasteiger partial charge in [0.2, 0.25) is 0 Å². The molecule has 0 spiro atoms. The quantitative estimate of drug-likeness (QED) is 0.838. The van der Waals surface area contributed by atoms with Crippen molar-refractivity contribution in [1.29, 1.82) is 0 Å². The highest BCUT2D eigenvalue weighted by Gasteiger charge is 2.25. The lowest BCUT2D eigenvalue weighted by Gasteiger charge is -2.38. The van der Waals surface area contributed by atoms with Crippen LogP contribution < -0.4 is 10.2 Å². The summed E-state index contributed by atoms with van der Waals surface area (Å²) >= 11 is 11.7. The summed E-state index contributed by atoms with van der Waals surface area (Å²) in [5.41, 5.74) is 0.896. The van der Waals surface area contributed by atoms with Crippen molar-refractivity contribution >= 4 is 28.9 Å². The second-order valence-corrected chi connectivity index (χ2v) is 5.64. The van der Waals surface area contributed by atoms with E-state index in [0.29, 0.717) is 12.0 Å². The number of hydrogen-bond acceptors (Lipinski definition) is 2. The number of halogens is 3. The monoisotopic (exact) mass is 290 g/mol. The molecule has 0 radical (unpaired) electrons. The minimum absolute atomic E-state index is 0.0842. The Balaban J connectivity index is 2.18. The van der Waals surface area contributed by atoms with Crippen LogP contribution >= 0.6 is 23.2 Å². The smallest absolute Gasteiger partial charge is 0.160 e. The van der Waals surface area contributed by atoms with Crippen LogP contribution in [0.5, 0.6) is 0 Å². The maximum absolute atomic E-state index is 13.4. The summed E-state index contributed by atoms with van der Waals surface area (Å²) in [6.45, 7) is 4.05. The van der Waals surface area contributed by atoms with Crippen LogP contribution in [-0.2, 0) is 0 Å². The summed E-state index contributed by atoms with van der Waals surface area (Å²) in [6, 6.07) is 3.83. The highest BCUT2D eigenvalue weighted by atomic mass is 35.5. The first-order valence-corrected chi connectivity index (χ1v) is 6.85. The second kappa shape index (κ2) is 5.64. The molecule has 1 aromatic carbocycles. The molecule has 100 valence electrons. The Bertz CT molecular complexity index is 416. The van der Waals surface area contributed by atoms with Crippen LogP contribution in [0, 0.1) is 11.7 Å². The molecule has 1 aliphatic heterocycles. The van der Waals surface area contributed by atoms with Crippen LogP contribution in [-0.4, -0.2) is 26.2 Å². The van der Waals surface area contributed by atoms with Crippen molar-refractivity contribution in [2.75, 3.05) is 25.0 Å². The van der Waals surface area contributed by atoms with Gasteiger partial charge in [0.05, 0.1) is 10.0 Å². The van der Waals surface area contributed by atoms with Crippen LogP contribution in [0.4, 0.5) is 10.1 Å². The van der Waals surface area contributed by atoms with Gasteiger partial charge in [0.1, 0.15) is 0 Å². The fourth-order valence-corrected chi connectivity index (χ4v) is 3.01. The predicted molar refractivity (Wildman–Crippen MR) is 75.3 cm³/mol. The van der Waals surface area contributed by atoms with Crippen LogP contribution in [0.15, 0.2) is 12.1 Å². The molecule has 5 heteroatoms. The van der Waals surface area contributed by atoms with Gasteiger partial charge in [-0.1, -0.05) is 30.1 Å². The first kappa shape index (κ1) is 13.9. The first-order valence-electron chi connectivity index (χ1n) is 6.09. The number of benzene rings is 1. The summed E-state index contributed by atoms with van der Waals surface area (Å²) in [5.74, 6) is -0.00778. The van der Waals surface area contributed by atoms with Crippen LogP contribution in [0.1, 0.15) is 13.3 Å². The summed E-state index contributed by atoms with van der Waals surface area (Å²) < 4.78 is 13.4. The van der Waals surface area contributed by atoms with E-state index in [4.69, 9.17) is 23.2 Å². The van der Waals surface area contributed by atoms with E-state index in [-0.39, 0.29) is 10.0 Å². The van der Waals surface area contributed by atoms with E-state index in [2.05, 4.69) is 17.1 Å². The highest BCUT2D eigenvalue weighted by molar-refractivity contribution is 6.35. The van der Waals surface area contributed by atoms with E-state index < -0.39 is 5.82 Å². The Labute approximate surface area is 117 Å². The summed E-state index contributed by atoms with van der Waals surface area (Å²) in [6.07, 6.45) is 1.06. The molecule has 1 saturated heterocycles. The topological polar surface area (TPSA) is 15.3 Å². The molecular formula is C13H17Cl2FN2. The van der Waals surface area contributed by atoms with E-state index >= 15 is 0 Å². The van der Waals surface area contributed by atoms with Gasteiger partial charge in [-0.15, -0.1) is 0 Å². The zero-order valence-corrected chi connectivity index (χ0v) is 12.0. The highest BCUT2D eigenvalue weighted by Crippen LogP contribution is 2.31. The van der Waals surface area contributed by atoms with E-state index in [1.165, 1.54) is 0 Å². The third-order valence-electron chi connectivity index (χ3n) is 3.61. The third-order valence-corrected chi connectivity index (χ3v) is 4.16. The van der Waals surface area contributed by atoms with Crippen LogP contribution in [0.25, 0.3) is 0 Å². The molecule has 2 atom stereocenters. The maximum atomic E-state index is 13.4. The van der Waals surface area contributed by atoms with Gasteiger partial charge in [-0.25, -0.2) is 4.39 Å². The molecule has 1 fully saturated rings. The molecule has 1 aromatic rings. The Morgan fingerprint density at radius 3 is 2.44 bits per heavy atom. The lowest BCUT2D eigenvalue weighted by molar-refractivity contribution is 0.339.